The molecule has 3 rings (SSSR count). The molecule has 0 amide bonds. The normalized spacial score (nSPS) is 13.8. The molecule has 152 valence electrons. The lowest BCUT2D eigenvalue weighted by Crippen LogP contribution is -2.44. The Morgan fingerprint density at radius 3 is 2.24 bits per heavy atom. The highest BCUT2D eigenvalue weighted by Gasteiger charge is 2.37. The molecule has 0 saturated carbocycles. The number of hydrogen-bond acceptors (Lipinski definition) is 5. The highest BCUT2D eigenvalue weighted by molar-refractivity contribution is 6.02. The number of carbonyl (C=O) groups excluding carboxylic acids is 1. The number of H-pyrrole nitrogens is 1. The summed E-state index contributed by atoms with van der Waals surface area (Å²) in [4.78, 5) is 24.1. The lowest BCUT2D eigenvalue weighted by molar-refractivity contribution is -0.161. The van der Waals surface area contributed by atoms with E-state index in [2.05, 4.69) is 10.2 Å². The monoisotopic (exact) mass is 395 g/mol. The Bertz CT molecular complexity index is 1060. The fourth-order valence-corrected chi connectivity index (χ4v) is 3.10. The lowest BCUT2D eigenvalue weighted by atomic mass is 9.81. The van der Waals surface area contributed by atoms with Gasteiger partial charge in [-0.2, -0.15) is 5.10 Å². The van der Waals surface area contributed by atoms with E-state index in [1.165, 1.54) is 0 Å². The summed E-state index contributed by atoms with van der Waals surface area (Å²) in [5.74, 6) is -1.45. The number of aromatic amines is 1. The van der Waals surface area contributed by atoms with Gasteiger partial charge in [-0.05, 0) is 56.5 Å². The number of aromatic nitrogens is 2. The molecule has 1 atom stereocenters. The Balaban J connectivity index is 1.95. The van der Waals surface area contributed by atoms with Crippen LogP contribution in [0.4, 0.5) is 0 Å². The summed E-state index contributed by atoms with van der Waals surface area (Å²) < 4.78 is 5.55. The van der Waals surface area contributed by atoms with Crippen molar-refractivity contribution in [3.63, 3.8) is 0 Å². The van der Waals surface area contributed by atoms with Crippen molar-refractivity contribution in [2.45, 2.75) is 38.7 Å². The minimum absolute atomic E-state index is 0.0147. The summed E-state index contributed by atoms with van der Waals surface area (Å²) in [5, 5.41) is 16.4. The van der Waals surface area contributed by atoms with Crippen LogP contribution in [0, 0.1) is 0 Å². The number of fused-ring (bicyclic) bond motifs is 1. The van der Waals surface area contributed by atoms with Gasteiger partial charge in [0, 0.05) is 11.9 Å². The molecule has 0 aliphatic rings. The molecule has 1 aromatic heterocycles. The molecule has 0 aliphatic heterocycles. The molecule has 0 saturated heterocycles. The van der Waals surface area contributed by atoms with Gasteiger partial charge in [0.05, 0.1) is 5.52 Å². The molecule has 0 aliphatic carbocycles. The lowest BCUT2D eigenvalue weighted by Gasteiger charge is -2.31. The maximum atomic E-state index is 12.7. The molecule has 7 nitrogen and oxygen atoms in total. The number of nitrogens with one attached hydrogen (secondary N) is 1. The third-order valence-corrected chi connectivity index (χ3v) is 4.88. The number of carbonyl (C=O) groups is 2. The average Bonchev–Trinajstić information content (AvgIpc) is 3.09. The zero-order valence-electron chi connectivity index (χ0n) is 16.9. The standard InChI is InChI=1S/C22H25N3O4/c1-21(2,3)29-20(28)22(4,12-23)15-8-5-13(6-9-15)14-7-10-17-16(11-14)18(19(26)27)25-24-17/h5-11H,12,23H2,1-4H3,(H,24,25)(H,26,27). The fraction of sp³-hybridized carbons (Fsp3) is 0.318. The van der Waals surface area contributed by atoms with Gasteiger partial charge in [0.2, 0.25) is 0 Å². The Hall–Kier alpha value is -3.19. The SMILES string of the molecule is CC(C)(C)OC(=O)C(C)(CN)c1ccc(-c2ccc3[nH]nc(C(=O)O)c3c2)cc1. The van der Waals surface area contributed by atoms with Gasteiger partial charge in [-0.25, -0.2) is 4.79 Å². The molecule has 29 heavy (non-hydrogen) atoms. The number of nitrogens with zero attached hydrogens (tertiary/aromatic N) is 1. The van der Waals surface area contributed by atoms with E-state index in [9.17, 15) is 14.7 Å². The Kier molecular flexibility index (Phi) is 5.19. The summed E-state index contributed by atoms with van der Waals surface area (Å²) >= 11 is 0. The first kappa shape index (κ1) is 20.5. The van der Waals surface area contributed by atoms with E-state index in [4.69, 9.17) is 10.5 Å². The number of benzene rings is 2. The number of carboxylic acid groups (broad SMARTS) is 1. The maximum absolute atomic E-state index is 12.7. The minimum Gasteiger partial charge on any atom is -0.476 e. The number of nitrogens with two attached hydrogens (primary N) is 1. The van der Waals surface area contributed by atoms with Crippen LogP contribution in [-0.2, 0) is 14.9 Å². The Morgan fingerprint density at radius 2 is 1.69 bits per heavy atom. The average molecular weight is 395 g/mol. The highest BCUT2D eigenvalue weighted by Crippen LogP contribution is 2.30. The number of esters is 1. The van der Waals surface area contributed by atoms with Crippen molar-refractivity contribution in [3.8, 4) is 11.1 Å². The molecule has 1 unspecified atom stereocenters. The van der Waals surface area contributed by atoms with Crippen molar-refractivity contribution in [2.24, 2.45) is 5.73 Å². The summed E-state index contributed by atoms with van der Waals surface area (Å²) in [5.41, 5.74) is 7.51. The molecule has 0 fully saturated rings. The number of hydrogen-bond donors (Lipinski definition) is 3. The Labute approximate surface area is 168 Å². The molecular weight excluding hydrogens is 370 g/mol. The molecule has 0 spiro atoms. The second kappa shape index (κ2) is 7.33. The van der Waals surface area contributed by atoms with Crippen LogP contribution in [0.5, 0.6) is 0 Å². The second-order valence-electron chi connectivity index (χ2n) is 8.25. The van der Waals surface area contributed by atoms with Crippen LogP contribution in [0.25, 0.3) is 22.0 Å². The van der Waals surface area contributed by atoms with E-state index in [1.54, 1.807) is 19.1 Å². The highest BCUT2D eigenvalue weighted by atomic mass is 16.6. The number of carboxylic acids is 1. The number of aromatic carboxylic acids is 1. The maximum Gasteiger partial charge on any atom is 0.357 e. The molecule has 0 radical (unpaired) electrons. The Morgan fingerprint density at radius 1 is 1.07 bits per heavy atom. The van der Waals surface area contributed by atoms with Gasteiger partial charge in [0.15, 0.2) is 5.69 Å². The van der Waals surface area contributed by atoms with Crippen LogP contribution in [0.2, 0.25) is 0 Å². The first-order chi connectivity index (χ1) is 13.5. The first-order valence-electron chi connectivity index (χ1n) is 9.31. The van der Waals surface area contributed by atoms with Gasteiger partial charge in [0.1, 0.15) is 11.0 Å². The fourth-order valence-electron chi connectivity index (χ4n) is 3.10. The molecular formula is C22H25N3O4. The zero-order valence-corrected chi connectivity index (χ0v) is 16.9. The van der Waals surface area contributed by atoms with E-state index in [-0.39, 0.29) is 18.2 Å². The first-order valence-corrected chi connectivity index (χ1v) is 9.31. The second-order valence-corrected chi connectivity index (χ2v) is 8.25. The third-order valence-electron chi connectivity index (χ3n) is 4.88. The van der Waals surface area contributed by atoms with Gasteiger partial charge in [-0.1, -0.05) is 30.3 Å². The van der Waals surface area contributed by atoms with Crippen molar-refractivity contribution >= 4 is 22.8 Å². The number of rotatable bonds is 5. The van der Waals surface area contributed by atoms with Crippen LogP contribution in [0.15, 0.2) is 42.5 Å². The van der Waals surface area contributed by atoms with Crippen LogP contribution < -0.4 is 5.73 Å². The van der Waals surface area contributed by atoms with Crippen LogP contribution in [-0.4, -0.2) is 39.4 Å². The summed E-state index contributed by atoms with van der Waals surface area (Å²) in [6, 6.07) is 12.9. The summed E-state index contributed by atoms with van der Waals surface area (Å²) in [7, 11) is 0. The smallest absolute Gasteiger partial charge is 0.357 e. The summed E-state index contributed by atoms with van der Waals surface area (Å²) in [6.07, 6.45) is 0. The quantitative estimate of drug-likeness (QED) is 0.569. The van der Waals surface area contributed by atoms with Gasteiger partial charge < -0.3 is 15.6 Å². The van der Waals surface area contributed by atoms with Crippen LogP contribution in [0.3, 0.4) is 0 Å². The molecule has 1 heterocycles. The molecule has 2 aromatic carbocycles. The van der Waals surface area contributed by atoms with Gasteiger partial charge in [-0.15, -0.1) is 0 Å². The molecule has 3 aromatic rings. The van der Waals surface area contributed by atoms with Crippen molar-refractivity contribution in [1.29, 1.82) is 0 Å². The predicted molar refractivity (Wildman–Crippen MR) is 111 cm³/mol. The largest absolute Gasteiger partial charge is 0.476 e. The zero-order chi connectivity index (χ0) is 21.4. The van der Waals surface area contributed by atoms with Crippen LogP contribution in [0.1, 0.15) is 43.7 Å². The van der Waals surface area contributed by atoms with Crippen molar-refractivity contribution in [3.05, 3.63) is 53.7 Å². The molecule has 0 bridgehead atoms. The van der Waals surface area contributed by atoms with Gasteiger partial charge >= 0.3 is 11.9 Å². The van der Waals surface area contributed by atoms with E-state index < -0.39 is 17.0 Å². The topological polar surface area (TPSA) is 118 Å². The van der Waals surface area contributed by atoms with Crippen molar-refractivity contribution in [2.75, 3.05) is 6.54 Å². The van der Waals surface area contributed by atoms with E-state index in [1.807, 2.05) is 51.1 Å². The van der Waals surface area contributed by atoms with Crippen LogP contribution >= 0.6 is 0 Å². The molecule has 7 heteroatoms. The predicted octanol–water partition coefficient (Wildman–Crippen LogP) is 3.49. The van der Waals surface area contributed by atoms with Crippen molar-refractivity contribution in [1.82, 2.24) is 10.2 Å². The van der Waals surface area contributed by atoms with Crippen molar-refractivity contribution < 1.29 is 19.4 Å². The summed E-state index contributed by atoms with van der Waals surface area (Å²) in [6.45, 7) is 7.35. The van der Waals surface area contributed by atoms with Gasteiger partial charge in [0.25, 0.3) is 0 Å². The van der Waals surface area contributed by atoms with Gasteiger partial charge in [-0.3, -0.25) is 9.89 Å². The number of ether oxygens (including phenoxy) is 1. The third kappa shape index (κ3) is 4.00. The molecule has 4 N–H and O–H groups in total. The van der Waals surface area contributed by atoms with E-state index >= 15 is 0 Å². The van der Waals surface area contributed by atoms with E-state index in [0.29, 0.717) is 10.9 Å². The minimum atomic E-state index is -1.08. The van der Waals surface area contributed by atoms with E-state index in [0.717, 1.165) is 16.7 Å².